The number of aryl methyl sites for hydroxylation is 1. The zero-order chi connectivity index (χ0) is 13.2. The average molecular weight is 275 g/mol. The second kappa shape index (κ2) is 5.01. The highest BCUT2D eigenvalue weighted by molar-refractivity contribution is 7.09. The maximum atomic E-state index is 12.3. The van der Waals surface area contributed by atoms with Gasteiger partial charge in [-0.25, -0.2) is 4.98 Å². The van der Waals surface area contributed by atoms with Gasteiger partial charge in [-0.1, -0.05) is 6.07 Å². The molecule has 0 atom stereocenters. The monoisotopic (exact) mass is 275 g/mol. The van der Waals surface area contributed by atoms with Gasteiger partial charge in [-0.2, -0.15) is 0 Å². The van der Waals surface area contributed by atoms with Crippen LogP contribution in [0.2, 0.25) is 0 Å². The molecule has 0 bridgehead atoms. The molecule has 1 aliphatic rings. The summed E-state index contributed by atoms with van der Waals surface area (Å²) >= 11 is 1.51. The van der Waals surface area contributed by atoms with E-state index < -0.39 is 0 Å². The maximum absolute atomic E-state index is 12.3. The van der Waals surface area contributed by atoms with Gasteiger partial charge in [0.1, 0.15) is 18.2 Å². The smallest absolute Gasteiger partial charge is 0.173 e. The number of rotatable bonds is 3. The van der Waals surface area contributed by atoms with Crippen LogP contribution in [0, 0.1) is 6.92 Å². The Hall–Kier alpha value is -1.88. The standard InChI is InChI=1S/C14H13NO3S/c1-9-8-19-13(15-9)7-11(16)10-3-2-4-12-14(10)18-6-5-17-12/h2-4,8H,5-7H2,1H3. The molecule has 0 aliphatic carbocycles. The Balaban J connectivity index is 1.87. The summed E-state index contributed by atoms with van der Waals surface area (Å²) in [7, 11) is 0. The van der Waals surface area contributed by atoms with E-state index in [-0.39, 0.29) is 5.78 Å². The summed E-state index contributed by atoms with van der Waals surface area (Å²) in [5.74, 6) is 1.22. The zero-order valence-corrected chi connectivity index (χ0v) is 11.3. The number of nitrogens with zero attached hydrogens (tertiary/aromatic N) is 1. The van der Waals surface area contributed by atoms with Crippen LogP contribution in [0.3, 0.4) is 0 Å². The molecule has 4 nitrogen and oxygen atoms in total. The number of fused-ring (bicyclic) bond motifs is 1. The number of aromatic nitrogens is 1. The minimum absolute atomic E-state index is 0.0108. The van der Waals surface area contributed by atoms with Crippen LogP contribution in [0.15, 0.2) is 23.6 Å². The molecule has 5 heteroatoms. The Bertz CT molecular complexity index is 621. The summed E-state index contributed by atoms with van der Waals surface area (Å²) in [5, 5.41) is 2.78. The molecular weight excluding hydrogens is 262 g/mol. The van der Waals surface area contributed by atoms with Crippen LogP contribution in [0.25, 0.3) is 0 Å². The van der Waals surface area contributed by atoms with Gasteiger partial charge in [-0.05, 0) is 19.1 Å². The molecule has 0 saturated carbocycles. The highest BCUT2D eigenvalue weighted by atomic mass is 32.1. The lowest BCUT2D eigenvalue weighted by atomic mass is 10.1. The molecule has 19 heavy (non-hydrogen) atoms. The summed E-state index contributed by atoms with van der Waals surface area (Å²) in [6, 6.07) is 5.41. The van der Waals surface area contributed by atoms with Crippen LogP contribution < -0.4 is 9.47 Å². The zero-order valence-electron chi connectivity index (χ0n) is 10.5. The predicted molar refractivity (Wildman–Crippen MR) is 72.3 cm³/mol. The van der Waals surface area contributed by atoms with E-state index in [9.17, 15) is 4.79 Å². The van der Waals surface area contributed by atoms with Crippen molar-refractivity contribution in [3.8, 4) is 11.5 Å². The van der Waals surface area contributed by atoms with Gasteiger partial charge < -0.3 is 9.47 Å². The van der Waals surface area contributed by atoms with Crippen molar-refractivity contribution in [1.82, 2.24) is 4.98 Å². The fourth-order valence-electron chi connectivity index (χ4n) is 2.01. The largest absolute Gasteiger partial charge is 0.486 e. The minimum Gasteiger partial charge on any atom is -0.486 e. The fraction of sp³-hybridized carbons (Fsp3) is 0.286. The quantitative estimate of drug-likeness (QED) is 0.808. The van der Waals surface area contributed by atoms with E-state index in [1.54, 1.807) is 6.07 Å². The van der Waals surface area contributed by atoms with Crippen LogP contribution in [0.4, 0.5) is 0 Å². The molecule has 0 fully saturated rings. The Labute approximate surface area is 115 Å². The molecule has 0 spiro atoms. The van der Waals surface area contributed by atoms with Crippen molar-refractivity contribution in [2.75, 3.05) is 13.2 Å². The molecular formula is C14H13NO3S. The first kappa shape index (κ1) is 12.2. The Kier molecular flexibility index (Phi) is 3.21. The maximum Gasteiger partial charge on any atom is 0.173 e. The molecule has 1 aromatic heterocycles. The highest BCUT2D eigenvalue weighted by Crippen LogP contribution is 2.34. The van der Waals surface area contributed by atoms with Gasteiger partial charge in [-0.15, -0.1) is 11.3 Å². The third-order valence-electron chi connectivity index (χ3n) is 2.84. The summed E-state index contributed by atoms with van der Waals surface area (Å²) in [6.07, 6.45) is 0.304. The number of hydrogen-bond donors (Lipinski definition) is 0. The second-order valence-electron chi connectivity index (χ2n) is 4.31. The van der Waals surface area contributed by atoms with Gasteiger partial charge in [0.25, 0.3) is 0 Å². The molecule has 0 saturated heterocycles. The van der Waals surface area contributed by atoms with E-state index in [1.165, 1.54) is 11.3 Å². The first-order chi connectivity index (χ1) is 9.24. The van der Waals surface area contributed by atoms with Gasteiger partial charge in [0.05, 0.1) is 12.0 Å². The number of para-hydroxylation sites is 1. The van der Waals surface area contributed by atoms with E-state index >= 15 is 0 Å². The van der Waals surface area contributed by atoms with Crippen molar-refractivity contribution < 1.29 is 14.3 Å². The van der Waals surface area contributed by atoms with Crippen molar-refractivity contribution in [3.05, 3.63) is 39.8 Å². The lowest BCUT2D eigenvalue weighted by molar-refractivity contribution is 0.0981. The van der Waals surface area contributed by atoms with Crippen LogP contribution >= 0.6 is 11.3 Å². The molecule has 3 rings (SSSR count). The van der Waals surface area contributed by atoms with Crippen molar-refractivity contribution in [3.63, 3.8) is 0 Å². The predicted octanol–water partition coefficient (Wildman–Crippen LogP) is 2.65. The topological polar surface area (TPSA) is 48.4 Å². The van der Waals surface area contributed by atoms with Crippen molar-refractivity contribution in [2.24, 2.45) is 0 Å². The van der Waals surface area contributed by atoms with Gasteiger partial charge in [0.2, 0.25) is 0 Å². The van der Waals surface area contributed by atoms with E-state index in [1.807, 2.05) is 24.4 Å². The molecule has 1 aliphatic heterocycles. The number of carbonyl (C=O) groups is 1. The van der Waals surface area contributed by atoms with E-state index in [0.717, 1.165) is 10.7 Å². The molecule has 0 unspecified atom stereocenters. The summed E-state index contributed by atoms with van der Waals surface area (Å²) in [4.78, 5) is 16.6. The number of carbonyl (C=O) groups excluding carboxylic acids is 1. The Morgan fingerprint density at radius 2 is 2.21 bits per heavy atom. The Morgan fingerprint density at radius 1 is 1.37 bits per heavy atom. The van der Waals surface area contributed by atoms with Crippen molar-refractivity contribution in [1.29, 1.82) is 0 Å². The Morgan fingerprint density at radius 3 is 3.00 bits per heavy atom. The molecule has 1 aromatic carbocycles. The SMILES string of the molecule is Cc1csc(CC(=O)c2cccc3c2OCCO3)n1. The number of Topliss-reactive ketones (excluding diaryl/α,β-unsaturated/α-hetero) is 1. The van der Waals surface area contributed by atoms with Crippen LogP contribution in [0.5, 0.6) is 11.5 Å². The molecule has 2 aromatic rings. The number of benzene rings is 1. The average Bonchev–Trinajstić information content (AvgIpc) is 2.83. The van der Waals surface area contributed by atoms with Gasteiger partial charge in [-0.3, -0.25) is 4.79 Å². The number of hydrogen-bond acceptors (Lipinski definition) is 5. The molecule has 98 valence electrons. The second-order valence-corrected chi connectivity index (χ2v) is 5.25. The van der Waals surface area contributed by atoms with Crippen LogP contribution in [-0.4, -0.2) is 24.0 Å². The minimum atomic E-state index is 0.0108. The number of ketones is 1. The van der Waals surface area contributed by atoms with E-state index in [2.05, 4.69) is 4.98 Å². The molecule has 0 radical (unpaired) electrons. The lowest BCUT2D eigenvalue weighted by Crippen LogP contribution is -2.18. The summed E-state index contributed by atoms with van der Waals surface area (Å²) < 4.78 is 11.0. The molecule has 0 N–H and O–H groups in total. The highest BCUT2D eigenvalue weighted by Gasteiger charge is 2.20. The van der Waals surface area contributed by atoms with Gasteiger partial charge >= 0.3 is 0 Å². The van der Waals surface area contributed by atoms with Gasteiger partial charge in [0, 0.05) is 11.1 Å². The van der Waals surface area contributed by atoms with E-state index in [0.29, 0.717) is 36.7 Å². The van der Waals surface area contributed by atoms with Gasteiger partial charge in [0.15, 0.2) is 17.3 Å². The normalized spacial score (nSPS) is 13.3. The third kappa shape index (κ3) is 2.46. The number of thiazole rings is 1. The first-order valence-corrected chi connectivity index (χ1v) is 6.95. The van der Waals surface area contributed by atoms with E-state index in [4.69, 9.17) is 9.47 Å². The van der Waals surface area contributed by atoms with Crippen molar-refractivity contribution >= 4 is 17.1 Å². The molecule has 2 heterocycles. The first-order valence-electron chi connectivity index (χ1n) is 6.07. The summed E-state index contributed by atoms with van der Waals surface area (Å²) in [6.45, 7) is 2.93. The van der Waals surface area contributed by atoms with Crippen LogP contribution in [-0.2, 0) is 6.42 Å². The van der Waals surface area contributed by atoms with Crippen LogP contribution in [0.1, 0.15) is 21.1 Å². The summed E-state index contributed by atoms with van der Waals surface area (Å²) in [5.41, 5.74) is 1.52. The fourth-order valence-corrected chi connectivity index (χ4v) is 2.78. The van der Waals surface area contributed by atoms with Crippen molar-refractivity contribution in [2.45, 2.75) is 13.3 Å². The molecule has 0 amide bonds. The number of ether oxygens (including phenoxy) is 2. The third-order valence-corrected chi connectivity index (χ3v) is 3.81. The lowest BCUT2D eigenvalue weighted by Gasteiger charge is -2.20.